The molecule has 8 nitrogen and oxygen atoms in total. The molecule has 188 valence electrons. The largest absolute Gasteiger partial charge is 0.308 e. The smallest absolute Gasteiger partial charge is 0.205 e. The van der Waals surface area contributed by atoms with Crippen LogP contribution in [-0.4, -0.2) is 42.2 Å². The molecule has 1 N–H and O–H groups in total. The van der Waals surface area contributed by atoms with Gasteiger partial charge >= 0.3 is 0 Å². The molecule has 37 heavy (non-hydrogen) atoms. The second kappa shape index (κ2) is 10.8. The average Bonchev–Trinajstić information content (AvgIpc) is 3.47. The molecule has 3 heterocycles. The van der Waals surface area contributed by atoms with Crippen LogP contribution in [0, 0.1) is 0 Å². The summed E-state index contributed by atoms with van der Waals surface area (Å²) in [6, 6.07) is 20.9. The molecule has 0 fully saturated rings. The molecular formula is C29H32N8. The Morgan fingerprint density at radius 2 is 1.73 bits per heavy atom. The molecule has 2 aromatic carbocycles. The number of nitrogens with one attached hydrogen (secondary N) is 1. The number of H-pyrrole nitrogens is 1. The van der Waals surface area contributed by atoms with Crippen LogP contribution >= 0.6 is 0 Å². The van der Waals surface area contributed by atoms with Gasteiger partial charge < -0.3 is 4.57 Å². The van der Waals surface area contributed by atoms with E-state index in [0.29, 0.717) is 18.3 Å². The van der Waals surface area contributed by atoms with E-state index in [9.17, 15) is 0 Å². The van der Waals surface area contributed by atoms with Crippen molar-refractivity contribution in [1.82, 2.24) is 35.2 Å². The summed E-state index contributed by atoms with van der Waals surface area (Å²) in [5, 5.41) is 14.6. The van der Waals surface area contributed by atoms with Gasteiger partial charge in [-0.15, -0.1) is 10.2 Å². The Hall–Kier alpha value is -4.20. The van der Waals surface area contributed by atoms with Gasteiger partial charge in [0, 0.05) is 24.7 Å². The summed E-state index contributed by atoms with van der Waals surface area (Å²) in [5.41, 5.74) is 7.98. The Balaban J connectivity index is 1.55. The molecule has 5 aromatic rings. The Kier molecular flexibility index (Phi) is 7.16. The van der Waals surface area contributed by atoms with E-state index in [2.05, 4.69) is 88.4 Å². The number of fused-ring (bicyclic) bond motifs is 1. The highest BCUT2D eigenvalue weighted by Gasteiger charge is 2.14. The van der Waals surface area contributed by atoms with Crippen LogP contribution in [0.4, 0.5) is 0 Å². The number of unbranched alkanes of at least 4 members (excludes halogenated alkanes) is 1. The predicted molar refractivity (Wildman–Crippen MR) is 146 cm³/mol. The molecule has 0 atom stereocenters. The van der Waals surface area contributed by atoms with Crippen LogP contribution in [0.1, 0.15) is 56.6 Å². The van der Waals surface area contributed by atoms with Crippen molar-refractivity contribution in [3.05, 3.63) is 83.2 Å². The maximum Gasteiger partial charge on any atom is 0.205 e. The van der Waals surface area contributed by atoms with Gasteiger partial charge in [0.25, 0.3) is 0 Å². The Bertz CT molecular complexity index is 1560. The molecule has 0 saturated heterocycles. The lowest BCUT2D eigenvalue weighted by molar-refractivity contribution is 0.635. The first-order valence-corrected chi connectivity index (χ1v) is 12.8. The Morgan fingerprint density at radius 1 is 0.946 bits per heavy atom. The normalized spacial score (nSPS) is 12.1. The van der Waals surface area contributed by atoms with Gasteiger partial charge in [-0.1, -0.05) is 75.7 Å². The fourth-order valence-corrected chi connectivity index (χ4v) is 4.59. The van der Waals surface area contributed by atoms with Gasteiger partial charge in [-0.25, -0.2) is 9.97 Å². The van der Waals surface area contributed by atoms with E-state index in [1.165, 1.54) is 5.56 Å². The van der Waals surface area contributed by atoms with Crippen molar-refractivity contribution in [2.45, 2.75) is 52.5 Å². The van der Waals surface area contributed by atoms with Crippen molar-refractivity contribution >= 4 is 11.0 Å². The molecule has 0 bridgehead atoms. The summed E-state index contributed by atoms with van der Waals surface area (Å²) in [6.45, 7) is 7.20. The third-order valence-electron chi connectivity index (χ3n) is 6.60. The molecule has 8 heteroatoms. The van der Waals surface area contributed by atoms with E-state index in [1.807, 2.05) is 25.2 Å². The first-order chi connectivity index (χ1) is 18.1. The minimum atomic E-state index is 0.338. The Labute approximate surface area is 216 Å². The van der Waals surface area contributed by atoms with Gasteiger partial charge in [0.05, 0.1) is 12.1 Å². The van der Waals surface area contributed by atoms with Crippen LogP contribution in [0.25, 0.3) is 33.5 Å². The highest BCUT2D eigenvalue weighted by atomic mass is 15.5. The molecule has 0 saturated carbocycles. The number of rotatable bonds is 8. The minimum absolute atomic E-state index is 0.338. The zero-order valence-electron chi connectivity index (χ0n) is 21.8. The van der Waals surface area contributed by atoms with Crippen molar-refractivity contribution in [2.24, 2.45) is 4.99 Å². The summed E-state index contributed by atoms with van der Waals surface area (Å²) in [7, 11) is 1.84. The highest BCUT2D eigenvalue weighted by molar-refractivity contribution is 5.80. The summed E-state index contributed by atoms with van der Waals surface area (Å²) in [5.74, 6) is 1.96. The van der Waals surface area contributed by atoms with Crippen molar-refractivity contribution in [2.75, 3.05) is 7.05 Å². The van der Waals surface area contributed by atoms with Crippen LogP contribution < -0.4 is 5.49 Å². The fraction of sp³-hybridized carbons (Fsp3) is 0.310. The third-order valence-corrected chi connectivity index (χ3v) is 6.60. The number of hydrogen-bond acceptors (Lipinski definition) is 6. The van der Waals surface area contributed by atoms with E-state index in [4.69, 9.17) is 15.0 Å². The Morgan fingerprint density at radius 3 is 2.41 bits per heavy atom. The number of benzene rings is 2. The van der Waals surface area contributed by atoms with Crippen molar-refractivity contribution in [1.29, 1.82) is 0 Å². The van der Waals surface area contributed by atoms with E-state index in [-0.39, 0.29) is 0 Å². The minimum Gasteiger partial charge on any atom is -0.308 e. The monoisotopic (exact) mass is 492 g/mol. The summed E-state index contributed by atoms with van der Waals surface area (Å²) >= 11 is 0. The van der Waals surface area contributed by atoms with Gasteiger partial charge in [-0.2, -0.15) is 5.21 Å². The molecule has 0 unspecified atom stereocenters. The van der Waals surface area contributed by atoms with Crippen LogP contribution in [-0.2, 0) is 13.0 Å². The molecule has 0 aliphatic rings. The first kappa shape index (κ1) is 24.5. The van der Waals surface area contributed by atoms with E-state index < -0.39 is 0 Å². The van der Waals surface area contributed by atoms with Crippen LogP contribution in [0.2, 0.25) is 0 Å². The van der Waals surface area contributed by atoms with E-state index in [0.717, 1.165) is 64.0 Å². The SMILES string of the molecule is CCCCc1nc2ccc(C(C)C)nc2c(=NC)n1Cc1ccc(-c2ccccc2-c2nn[nH]n2)cc1. The number of aromatic nitrogens is 7. The topological polar surface area (TPSA) is 97.5 Å². The number of aryl methyl sites for hydroxylation is 1. The number of hydrogen-bond donors (Lipinski definition) is 1. The number of pyridine rings is 1. The second-order valence-corrected chi connectivity index (χ2v) is 9.50. The predicted octanol–water partition coefficient (Wildman–Crippen LogP) is 5.32. The van der Waals surface area contributed by atoms with Crippen LogP contribution in [0.5, 0.6) is 0 Å². The van der Waals surface area contributed by atoms with Crippen molar-refractivity contribution in [3.8, 4) is 22.5 Å². The van der Waals surface area contributed by atoms with Crippen LogP contribution in [0.15, 0.2) is 65.7 Å². The lowest BCUT2D eigenvalue weighted by Gasteiger charge is -2.17. The van der Waals surface area contributed by atoms with Gasteiger partial charge in [-0.05, 0) is 46.4 Å². The van der Waals surface area contributed by atoms with Crippen molar-refractivity contribution < 1.29 is 0 Å². The standard InChI is InChI=1S/C29H32N8/c1-5-6-11-26-31-25-17-16-24(19(2)3)32-27(25)29(30-4)37(26)18-20-12-14-21(15-13-20)22-9-7-8-10-23(22)28-33-35-36-34-28/h7-10,12-17,19H,5-6,11,18H2,1-4H3,(H,33,34,35,36). The molecule has 0 amide bonds. The molecule has 5 rings (SSSR count). The maximum absolute atomic E-state index is 5.04. The number of tetrazole rings is 1. The molecule has 3 aromatic heterocycles. The quantitative estimate of drug-likeness (QED) is 0.316. The zero-order valence-corrected chi connectivity index (χ0v) is 21.8. The highest BCUT2D eigenvalue weighted by Crippen LogP contribution is 2.30. The third kappa shape index (κ3) is 5.05. The molecule has 0 aliphatic carbocycles. The van der Waals surface area contributed by atoms with Gasteiger partial charge in [0.2, 0.25) is 5.82 Å². The van der Waals surface area contributed by atoms with Crippen molar-refractivity contribution in [3.63, 3.8) is 0 Å². The van der Waals surface area contributed by atoms with Gasteiger partial charge in [-0.3, -0.25) is 4.99 Å². The number of nitrogens with zero attached hydrogens (tertiary/aromatic N) is 7. The molecule has 0 spiro atoms. The summed E-state index contributed by atoms with van der Waals surface area (Å²) in [4.78, 5) is 14.7. The lowest BCUT2D eigenvalue weighted by Crippen LogP contribution is -2.28. The van der Waals surface area contributed by atoms with E-state index >= 15 is 0 Å². The summed E-state index contributed by atoms with van der Waals surface area (Å²) < 4.78 is 2.23. The number of aromatic amines is 1. The molecule has 0 radical (unpaired) electrons. The summed E-state index contributed by atoms with van der Waals surface area (Å²) in [6.07, 6.45) is 3.08. The van der Waals surface area contributed by atoms with E-state index in [1.54, 1.807) is 0 Å². The average molecular weight is 493 g/mol. The fourth-order valence-electron chi connectivity index (χ4n) is 4.59. The maximum atomic E-state index is 5.04. The lowest BCUT2D eigenvalue weighted by atomic mass is 9.98. The van der Waals surface area contributed by atoms with Gasteiger partial charge in [0.15, 0.2) is 5.49 Å². The zero-order chi connectivity index (χ0) is 25.8. The van der Waals surface area contributed by atoms with Crippen LogP contribution in [0.3, 0.4) is 0 Å². The molecule has 0 aliphatic heterocycles. The molecular weight excluding hydrogens is 460 g/mol. The second-order valence-electron chi connectivity index (χ2n) is 9.50. The van der Waals surface area contributed by atoms with Gasteiger partial charge in [0.1, 0.15) is 11.3 Å². The first-order valence-electron chi connectivity index (χ1n) is 12.8.